The first kappa shape index (κ1) is 15.3. The minimum absolute atomic E-state index is 0.0633. The molecule has 0 bridgehead atoms. The van der Waals surface area contributed by atoms with Crippen molar-refractivity contribution in [2.75, 3.05) is 38.5 Å². The van der Waals surface area contributed by atoms with Crippen LogP contribution in [-0.4, -0.2) is 48.4 Å². The first-order chi connectivity index (χ1) is 9.49. The molecule has 110 valence electrons. The molecular formula is C15H22BrN3O. The SMILES string of the molecule is CC(C)CN1CCN(C(=O)c2cccc(N)c2Br)CC1. The number of carbonyl (C=O) groups excluding carboxylic acids is 1. The van der Waals surface area contributed by atoms with E-state index in [4.69, 9.17) is 5.73 Å². The van der Waals surface area contributed by atoms with Crippen molar-refractivity contribution in [1.29, 1.82) is 0 Å². The Labute approximate surface area is 129 Å². The maximum absolute atomic E-state index is 12.5. The van der Waals surface area contributed by atoms with Gasteiger partial charge in [-0.25, -0.2) is 0 Å². The highest BCUT2D eigenvalue weighted by Crippen LogP contribution is 2.25. The summed E-state index contributed by atoms with van der Waals surface area (Å²) in [5.74, 6) is 0.730. The molecule has 0 spiro atoms. The van der Waals surface area contributed by atoms with E-state index in [0.717, 1.165) is 32.7 Å². The molecule has 1 aromatic carbocycles. The predicted molar refractivity (Wildman–Crippen MR) is 85.7 cm³/mol. The normalized spacial score (nSPS) is 16.7. The number of nitrogen functional groups attached to an aromatic ring is 1. The molecule has 20 heavy (non-hydrogen) atoms. The second-order valence-corrected chi connectivity index (χ2v) is 6.49. The summed E-state index contributed by atoms with van der Waals surface area (Å²) in [6.45, 7) is 9.01. The maximum atomic E-state index is 12.5. The molecule has 2 N–H and O–H groups in total. The number of nitrogens with zero attached hydrogens (tertiary/aromatic N) is 2. The van der Waals surface area contributed by atoms with E-state index in [0.29, 0.717) is 21.6 Å². The summed E-state index contributed by atoms with van der Waals surface area (Å²) in [7, 11) is 0. The average molecular weight is 340 g/mol. The van der Waals surface area contributed by atoms with Gasteiger partial charge in [0.2, 0.25) is 0 Å². The van der Waals surface area contributed by atoms with Crippen LogP contribution in [0, 0.1) is 5.92 Å². The van der Waals surface area contributed by atoms with Gasteiger partial charge in [-0.05, 0) is 34.0 Å². The molecule has 0 unspecified atom stereocenters. The summed E-state index contributed by atoms with van der Waals surface area (Å²) in [6.07, 6.45) is 0. The lowest BCUT2D eigenvalue weighted by atomic mass is 10.1. The Hall–Kier alpha value is -1.07. The first-order valence-corrected chi connectivity index (χ1v) is 7.84. The van der Waals surface area contributed by atoms with E-state index in [2.05, 4.69) is 34.7 Å². The van der Waals surface area contributed by atoms with Crippen LogP contribution < -0.4 is 5.73 Å². The zero-order chi connectivity index (χ0) is 14.7. The number of rotatable bonds is 3. The van der Waals surface area contributed by atoms with E-state index in [1.165, 1.54) is 0 Å². The summed E-state index contributed by atoms with van der Waals surface area (Å²) in [6, 6.07) is 5.44. The zero-order valence-electron chi connectivity index (χ0n) is 12.1. The van der Waals surface area contributed by atoms with Crippen molar-refractivity contribution >= 4 is 27.5 Å². The second kappa shape index (κ2) is 6.59. The Balaban J connectivity index is 2.00. The zero-order valence-corrected chi connectivity index (χ0v) is 13.7. The Morgan fingerprint density at radius 3 is 2.55 bits per heavy atom. The van der Waals surface area contributed by atoms with E-state index in [1.807, 2.05) is 17.0 Å². The number of hydrogen-bond donors (Lipinski definition) is 1. The molecule has 0 saturated carbocycles. The summed E-state index contributed by atoms with van der Waals surface area (Å²) < 4.78 is 0.703. The van der Waals surface area contributed by atoms with Crippen molar-refractivity contribution in [3.63, 3.8) is 0 Å². The van der Waals surface area contributed by atoms with E-state index >= 15 is 0 Å². The van der Waals surface area contributed by atoms with Crippen LogP contribution in [-0.2, 0) is 0 Å². The largest absolute Gasteiger partial charge is 0.398 e. The summed E-state index contributed by atoms with van der Waals surface area (Å²) >= 11 is 3.41. The minimum atomic E-state index is 0.0633. The Bertz CT molecular complexity index is 482. The quantitative estimate of drug-likeness (QED) is 0.860. The Morgan fingerprint density at radius 1 is 1.30 bits per heavy atom. The van der Waals surface area contributed by atoms with Crippen LogP contribution in [0.5, 0.6) is 0 Å². The number of nitrogens with two attached hydrogens (primary N) is 1. The predicted octanol–water partition coefficient (Wildman–Crippen LogP) is 2.45. The summed E-state index contributed by atoms with van der Waals surface area (Å²) in [5.41, 5.74) is 7.10. The molecule has 1 heterocycles. The summed E-state index contributed by atoms with van der Waals surface area (Å²) in [4.78, 5) is 16.9. The van der Waals surface area contributed by atoms with Gasteiger partial charge in [-0.1, -0.05) is 19.9 Å². The number of amides is 1. The minimum Gasteiger partial charge on any atom is -0.398 e. The number of piperazine rings is 1. The number of halogens is 1. The monoisotopic (exact) mass is 339 g/mol. The van der Waals surface area contributed by atoms with Crippen LogP contribution in [0.25, 0.3) is 0 Å². The van der Waals surface area contributed by atoms with E-state index < -0.39 is 0 Å². The van der Waals surface area contributed by atoms with E-state index in [9.17, 15) is 4.79 Å². The van der Waals surface area contributed by atoms with Crippen LogP contribution in [0.3, 0.4) is 0 Å². The van der Waals surface area contributed by atoms with Crippen LogP contribution in [0.4, 0.5) is 5.69 Å². The smallest absolute Gasteiger partial charge is 0.255 e. The number of hydrogen-bond acceptors (Lipinski definition) is 3. The fraction of sp³-hybridized carbons (Fsp3) is 0.533. The van der Waals surface area contributed by atoms with Crippen molar-refractivity contribution in [3.05, 3.63) is 28.2 Å². The van der Waals surface area contributed by atoms with Crippen molar-refractivity contribution in [3.8, 4) is 0 Å². The van der Waals surface area contributed by atoms with Gasteiger partial charge in [0.1, 0.15) is 0 Å². The third-order valence-corrected chi connectivity index (χ3v) is 4.43. The van der Waals surface area contributed by atoms with Crippen molar-refractivity contribution in [2.24, 2.45) is 5.92 Å². The highest BCUT2D eigenvalue weighted by molar-refractivity contribution is 9.10. The molecular weight excluding hydrogens is 318 g/mol. The molecule has 2 rings (SSSR count). The second-order valence-electron chi connectivity index (χ2n) is 5.70. The fourth-order valence-corrected chi connectivity index (χ4v) is 2.97. The topological polar surface area (TPSA) is 49.6 Å². The molecule has 1 fully saturated rings. The molecule has 1 amide bonds. The van der Waals surface area contributed by atoms with Gasteiger partial charge in [-0.15, -0.1) is 0 Å². The number of carbonyl (C=O) groups is 1. The molecule has 5 heteroatoms. The van der Waals surface area contributed by atoms with Gasteiger partial charge < -0.3 is 10.6 Å². The van der Waals surface area contributed by atoms with Crippen LogP contribution >= 0.6 is 15.9 Å². The van der Waals surface area contributed by atoms with Gasteiger partial charge >= 0.3 is 0 Å². The van der Waals surface area contributed by atoms with Gasteiger partial charge in [0, 0.05) is 38.4 Å². The van der Waals surface area contributed by atoms with Gasteiger partial charge in [0.25, 0.3) is 5.91 Å². The average Bonchev–Trinajstić information content (AvgIpc) is 2.41. The van der Waals surface area contributed by atoms with Crippen LogP contribution in [0.1, 0.15) is 24.2 Å². The molecule has 1 aromatic rings. The Kier molecular flexibility index (Phi) is 5.05. The van der Waals surface area contributed by atoms with Crippen molar-refractivity contribution in [1.82, 2.24) is 9.80 Å². The highest BCUT2D eigenvalue weighted by atomic mass is 79.9. The van der Waals surface area contributed by atoms with Crippen molar-refractivity contribution in [2.45, 2.75) is 13.8 Å². The molecule has 0 radical (unpaired) electrons. The van der Waals surface area contributed by atoms with Gasteiger partial charge in [-0.2, -0.15) is 0 Å². The molecule has 0 aromatic heterocycles. The van der Waals surface area contributed by atoms with E-state index in [-0.39, 0.29) is 5.91 Å². The first-order valence-electron chi connectivity index (χ1n) is 7.04. The Morgan fingerprint density at radius 2 is 1.95 bits per heavy atom. The molecule has 1 saturated heterocycles. The molecule has 0 aliphatic carbocycles. The molecule has 4 nitrogen and oxygen atoms in total. The van der Waals surface area contributed by atoms with Crippen LogP contribution in [0.2, 0.25) is 0 Å². The lowest BCUT2D eigenvalue weighted by Crippen LogP contribution is -2.49. The highest BCUT2D eigenvalue weighted by Gasteiger charge is 2.24. The third kappa shape index (κ3) is 3.52. The van der Waals surface area contributed by atoms with Gasteiger partial charge in [0.05, 0.1) is 10.0 Å². The van der Waals surface area contributed by atoms with E-state index in [1.54, 1.807) is 6.07 Å². The van der Waals surface area contributed by atoms with Gasteiger partial charge in [0.15, 0.2) is 0 Å². The van der Waals surface area contributed by atoms with Crippen molar-refractivity contribution < 1.29 is 4.79 Å². The lowest BCUT2D eigenvalue weighted by molar-refractivity contribution is 0.0623. The van der Waals surface area contributed by atoms with Crippen LogP contribution in [0.15, 0.2) is 22.7 Å². The molecule has 1 aliphatic rings. The summed E-state index contributed by atoms with van der Waals surface area (Å²) in [5, 5.41) is 0. The maximum Gasteiger partial charge on any atom is 0.255 e. The molecule has 1 aliphatic heterocycles. The van der Waals surface area contributed by atoms with Gasteiger partial charge in [-0.3, -0.25) is 9.69 Å². The third-order valence-electron chi connectivity index (χ3n) is 3.54. The lowest BCUT2D eigenvalue weighted by Gasteiger charge is -2.35. The number of benzene rings is 1. The molecule has 0 atom stereocenters. The standard InChI is InChI=1S/C15H22BrN3O/c1-11(2)10-18-6-8-19(9-7-18)15(20)12-4-3-5-13(17)14(12)16/h3-5,11H,6-10,17H2,1-2H3. The fourth-order valence-electron chi connectivity index (χ4n) is 2.54. The number of anilines is 1.